The molecule has 3 nitrogen and oxygen atoms in total. The Morgan fingerprint density at radius 3 is 1.58 bits per heavy atom. The van der Waals surface area contributed by atoms with Crippen LogP contribution in [0.3, 0.4) is 0 Å². The summed E-state index contributed by atoms with van der Waals surface area (Å²) in [7, 11) is -3.61. The Balaban J connectivity index is 2.96. The molecule has 1 rings (SSSR count). The highest BCUT2D eigenvalue weighted by molar-refractivity contribution is 6.74. The number of epoxide rings is 1. The molecule has 154 valence electrons. The summed E-state index contributed by atoms with van der Waals surface area (Å²) < 4.78 is 18.9. The van der Waals surface area contributed by atoms with E-state index in [-0.39, 0.29) is 15.5 Å². The lowest BCUT2D eigenvalue weighted by atomic mass is 9.81. The normalized spacial score (nSPS) is 19.5. The van der Waals surface area contributed by atoms with E-state index in [1.54, 1.807) is 0 Å². The molecule has 26 heavy (non-hydrogen) atoms. The molecule has 0 N–H and O–H groups in total. The largest absolute Gasteiger partial charge is 0.416 e. The van der Waals surface area contributed by atoms with Gasteiger partial charge in [-0.1, -0.05) is 47.6 Å². The van der Waals surface area contributed by atoms with Crippen LogP contribution in [0.1, 0.15) is 54.4 Å². The molecule has 1 aliphatic rings. The lowest BCUT2D eigenvalue weighted by molar-refractivity contribution is 0.0524. The number of allylic oxidation sites excluding steroid dienone is 1. The fourth-order valence-electron chi connectivity index (χ4n) is 2.44. The van der Waals surface area contributed by atoms with E-state index < -0.39 is 16.6 Å². The summed E-state index contributed by atoms with van der Waals surface area (Å²) in [6.45, 7) is 29.5. The third kappa shape index (κ3) is 6.59. The van der Waals surface area contributed by atoms with Crippen LogP contribution in [0.5, 0.6) is 0 Å². The monoisotopic (exact) mass is 400 g/mol. The Labute approximate surface area is 165 Å². The molecule has 0 aromatic rings. The van der Waals surface area contributed by atoms with Crippen LogP contribution in [-0.2, 0) is 13.6 Å². The van der Waals surface area contributed by atoms with Crippen LogP contribution in [0, 0.1) is 5.41 Å². The zero-order chi connectivity index (χ0) is 20.4. The van der Waals surface area contributed by atoms with Gasteiger partial charge in [0.25, 0.3) is 0 Å². The second kappa shape index (κ2) is 8.20. The van der Waals surface area contributed by atoms with E-state index in [0.717, 1.165) is 32.7 Å². The SMILES string of the molecule is C=CCC(CO[Si](C)(C)C(C)(C)C)(CO[Si](C)(C)C(C)(C)C)CC1CO1. The lowest BCUT2D eigenvalue weighted by Gasteiger charge is -2.43. The van der Waals surface area contributed by atoms with Gasteiger partial charge in [0.1, 0.15) is 0 Å². The van der Waals surface area contributed by atoms with Crippen molar-refractivity contribution in [3.63, 3.8) is 0 Å². The smallest absolute Gasteiger partial charge is 0.192 e. The van der Waals surface area contributed by atoms with Crippen molar-refractivity contribution < 1.29 is 13.6 Å². The Kier molecular flexibility index (Phi) is 7.60. The van der Waals surface area contributed by atoms with Gasteiger partial charge in [-0.05, 0) is 49.1 Å². The van der Waals surface area contributed by atoms with E-state index >= 15 is 0 Å². The third-order valence-corrected chi connectivity index (χ3v) is 15.7. The van der Waals surface area contributed by atoms with Gasteiger partial charge in [0.05, 0.1) is 12.7 Å². The first-order valence-electron chi connectivity index (χ1n) is 10.1. The molecular weight excluding hydrogens is 356 g/mol. The minimum atomic E-state index is -1.81. The predicted octanol–water partition coefficient (Wildman–Crippen LogP) is 6.38. The minimum Gasteiger partial charge on any atom is -0.416 e. The summed E-state index contributed by atoms with van der Waals surface area (Å²) in [6.07, 6.45) is 4.31. The first-order chi connectivity index (χ1) is 11.6. The molecule has 0 amide bonds. The maximum absolute atomic E-state index is 6.66. The zero-order valence-corrected chi connectivity index (χ0v) is 21.1. The van der Waals surface area contributed by atoms with Crippen molar-refractivity contribution >= 4 is 16.6 Å². The van der Waals surface area contributed by atoms with Crippen LogP contribution >= 0.6 is 0 Å². The predicted molar refractivity (Wildman–Crippen MR) is 118 cm³/mol. The van der Waals surface area contributed by atoms with Crippen LogP contribution in [0.4, 0.5) is 0 Å². The number of rotatable bonds is 10. The van der Waals surface area contributed by atoms with Crippen LogP contribution in [0.15, 0.2) is 12.7 Å². The van der Waals surface area contributed by atoms with Crippen molar-refractivity contribution in [2.45, 2.75) is 96.8 Å². The molecule has 0 bridgehead atoms. The van der Waals surface area contributed by atoms with Gasteiger partial charge < -0.3 is 13.6 Å². The Morgan fingerprint density at radius 2 is 1.31 bits per heavy atom. The molecule has 1 saturated heterocycles. The molecule has 0 radical (unpaired) electrons. The highest BCUT2D eigenvalue weighted by atomic mass is 28.4. The molecule has 0 aromatic carbocycles. The van der Waals surface area contributed by atoms with E-state index in [1.165, 1.54) is 0 Å². The van der Waals surface area contributed by atoms with Crippen LogP contribution in [0.25, 0.3) is 0 Å². The highest BCUT2D eigenvalue weighted by Gasteiger charge is 2.45. The first-order valence-corrected chi connectivity index (χ1v) is 15.9. The van der Waals surface area contributed by atoms with Crippen molar-refractivity contribution in [3.8, 4) is 0 Å². The van der Waals surface area contributed by atoms with Crippen LogP contribution in [-0.4, -0.2) is 42.6 Å². The third-order valence-electron chi connectivity index (χ3n) is 6.73. The lowest BCUT2D eigenvalue weighted by Crippen LogP contribution is -2.48. The molecule has 1 fully saturated rings. The molecule has 1 aliphatic heterocycles. The Morgan fingerprint density at radius 1 is 0.923 bits per heavy atom. The molecule has 0 aromatic heterocycles. The number of hydrogen-bond donors (Lipinski definition) is 0. The van der Waals surface area contributed by atoms with Crippen molar-refractivity contribution in [3.05, 3.63) is 12.7 Å². The van der Waals surface area contributed by atoms with Gasteiger partial charge in [0.2, 0.25) is 0 Å². The molecule has 1 heterocycles. The van der Waals surface area contributed by atoms with Gasteiger partial charge in [0, 0.05) is 18.6 Å². The van der Waals surface area contributed by atoms with Gasteiger partial charge in [-0.15, -0.1) is 6.58 Å². The molecule has 5 heteroatoms. The van der Waals surface area contributed by atoms with Gasteiger partial charge in [-0.2, -0.15) is 0 Å². The maximum atomic E-state index is 6.66. The summed E-state index contributed by atoms with van der Waals surface area (Å²) in [5.74, 6) is 0. The van der Waals surface area contributed by atoms with Crippen LogP contribution < -0.4 is 0 Å². The fraction of sp³-hybridized carbons (Fsp3) is 0.905. The standard InChI is InChI=1S/C21H44O3Si2/c1-12-13-21(14-18-15-22-18,16-23-25(8,9)19(2,3)4)17-24-26(10,11)20(5,6)7/h12,18H,1,13-17H2,2-11H3. The first kappa shape index (κ1) is 24.1. The topological polar surface area (TPSA) is 31.0 Å². The second-order valence-corrected chi connectivity index (χ2v) is 20.9. The fourth-order valence-corrected chi connectivity index (χ4v) is 4.64. The average molecular weight is 401 g/mol. The van der Waals surface area contributed by atoms with Gasteiger partial charge in [0.15, 0.2) is 16.6 Å². The molecular formula is C21H44O3Si2. The van der Waals surface area contributed by atoms with Crippen molar-refractivity contribution in [1.29, 1.82) is 0 Å². The van der Waals surface area contributed by atoms with Crippen molar-refractivity contribution in [2.24, 2.45) is 5.41 Å². The summed E-state index contributed by atoms with van der Waals surface area (Å²) in [4.78, 5) is 0. The number of hydrogen-bond acceptors (Lipinski definition) is 3. The van der Waals surface area contributed by atoms with Gasteiger partial charge in [-0.25, -0.2) is 0 Å². The molecule has 1 unspecified atom stereocenters. The summed E-state index contributed by atoms with van der Waals surface area (Å²) >= 11 is 0. The Hall–Kier alpha value is 0.0538. The second-order valence-electron chi connectivity index (χ2n) is 11.3. The van der Waals surface area contributed by atoms with Crippen LogP contribution in [0.2, 0.25) is 36.3 Å². The molecule has 1 atom stereocenters. The van der Waals surface area contributed by atoms with E-state index in [0.29, 0.717) is 6.10 Å². The maximum Gasteiger partial charge on any atom is 0.192 e. The number of ether oxygens (including phenoxy) is 1. The van der Waals surface area contributed by atoms with E-state index in [9.17, 15) is 0 Å². The van der Waals surface area contributed by atoms with E-state index in [2.05, 4.69) is 74.3 Å². The quantitative estimate of drug-likeness (QED) is 0.242. The van der Waals surface area contributed by atoms with E-state index in [1.807, 2.05) is 6.08 Å². The minimum absolute atomic E-state index is 0.0338. The highest BCUT2D eigenvalue weighted by Crippen LogP contribution is 2.43. The summed E-state index contributed by atoms with van der Waals surface area (Å²) in [5.41, 5.74) is -0.0338. The summed E-state index contributed by atoms with van der Waals surface area (Å²) in [5, 5.41) is 0.423. The molecule has 0 spiro atoms. The van der Waals surface area contributed by atoms with Crippen molar-refractivity contribution in [2.75, 3.05) is 19.8 Å². The van der Waals surface area contributed by atoms with E-state index in [4.69, 9.17) is 13.6 Å². The van der Waals surface area contributed by atoms with Gasteiger partial charge in [-0.3, -0.25) is 0 Å². The van der Waals surface area contributed by atoms with Crippen molar-refractivity contribution in [1.82, 2.24) is 0 Å². The molecule has 0 saturated carbocycles. The average Bonchev–Trinajstić information content (AvgIpc) is 3.25. The Bertz CT molecular complexity index is 439. The van der Waals surface area contributed by atoms with Gasteiger partial charge >= 0.3 is 0 Å². The zero-order valence-electron chi connectivity index (χ0n) is 19.1. The molecule has 0 aliphatic carbocycles. The summed E-state index contributed by atoms with van der Waals surface area (Å²) in [6, 6.07) is 0.